The zero-order chi connectivity index (χ0) is 18.1. The molecule has 136 valence electrons. The first-order valence-electron chi connectivity index (χ1n) is 8.82. The van der Waals surface area contributed by atoms with Crippen LogP contribution < -0.4 is 14.8 Å². The molecule has 0 radical (unpaired) electrons. The number of halogens is 1. The van der Waals surface area contributed by atoms with Gasteiger partial charge >= 0.3 is 0 Å². The van der Waals surface area contributed by atoms with Crippen molar-refractivity contribution in [3.63, 3.8) is 0 Å². The molecule has 2 heterocycles. The minimum absolute atomic E-state index is 0.279. The molecule has 0 amide bonds. The van der Waals surface area contributed by atoms with Crippen molar-refractivity contribution in [2.45, 2.75) is 18.8 Å². The van der Waals surface area contributed by atoms with Crippen LogP contribution in [0.1, 0.15) is 24.3 Å². The molecule has 5 nitrogen and oxygen atoms in total. The number of nitrogens with zero attached hydrogens (tertiary/aromatic N) is 1. The number of ether oxygens (including phenoxy) is 2. The molecule has 3 aromatic rings. The zero-order valence-electron chi connectivity index (χ0n) is 14.9. The number of fused-ring (bicyclic) bond motifs is 1. The van der Waals surface area contributed by atoms with Crippen LogP contribution >= 0.6 is 0 Å². The molecule has 1 aliphatic rings. The highest BCUT2D eigenvalue weighted by molar-refractivity contribution is 5.81. The number of nitrogens with one attached hydrogen (secondary N) is 2. The first kappa shape index (κ1) is 16.8. The van der Waals surface area contributed by atoms with Crippen LogP contribution in [0.2, 0.25) is 0 Å². The molecular formula is C20H22FN3O2. The highest BCUT2D eigenvalue weighted by Gasteiger charge is 2.19. The third-order valence-electron chi connectivity index (χ3n) is 5.03. The molecule has 1 aliphatic heterocycles. The lowest BCUT2D eigenvalue weighted by molar-refractivity contribution is 0.355. The Labute approximate surface area is 151 Å². The number of methoxy groups -OCH3 is 2. The summed E-state index contributed by atoms with van der Waals surface area (Å²) in [6.07, 6.45) is 2.06. The molecule has 1 aromatic heterocycles. The van der Waals surface area contributed by atoms with Gasteiger partial charge in [0, 0.05) is 5.56 Å². The molecule has 0 saturated carbocycles. The number of rotatable bonds is 4. The third kappa shape index (κ3) is 3.01. The zero-order valence-corrected chi connectivity index (χ0v) is 14.9. The van der Waals surface area contributed by atoms with Gasteiger partial charge in [0.05, 0.1) is 19.7 Å². The lowest BCUT2D eigenvalue weighted by atomic mass is 9.90. The molecule has 2 aromatic carbocycles. The quantitative estimate of drug-likeness (QED) is 0.746. The molecular weight excluding hydrogens is 333 g/mol. The maximum Gasteiger partial charge on any atom is 0.161 e. The van der Waals surface area contributed by atoms with Crippen molar-refractivity contribution in [1.82, 2.24) is 15.3 Å². The van der Waals surface area contributed by atoms with Gasteiger partial charge in [-0.3, -0.25) is 0 Å². The average Bonchev–Trinajstić information content (AvgIpc) is 3.13. The first-order chi connectivity index (χ1) is 12.7. The summed E-state index contributed by atoms with van der Waals surface area (Å²) < 4.78 is 25.3. The normalized spacial score (nSPS) is 15.3. The van der Waals surface area contributed by atoms with E-state index in [1.165, 1.54) is 0 Å². The Balaban J connectivity index is 1.74. The predicted molar refractivity (Wildman–Crippen MR) is 99.4 cm³/mol. The molecule has 0 unspecified atom stereocenters. The molecule has 0 atom stereocenters. The fourth-order valence-electron chi connectivity index (χ4n) is 3.61. The molecule has 1 saturated heterocycles. The maximum absolute atomic E-state index is 14.7. The number of benzene rings is 2. The SMILES string of the molecule is COc1ccc(-c2nc3c(F)cc(C4CCNCC4)cc3[nH]2)cc1OC. The van der Waals surface area contributed by atoms with E-state index in [0.29, 0.717) is 28.8 Å². The Kier molecular flexibility index (Phi) is 4.51. The van der Waals surface area contributed by atoms with Crippen LogP contribution in [0, 0.1) is 5.82 Å². The number of hydrogen-bond acceptors (Lipinski definition) is 4. The second kappa shape index (κ2) is 6.96. The summed E-state index contributed by atoms with van der Waals surface area (Å²) in [6, 6.07) is 9.20. The van der Waals surface area contributed by atoms with Crippen LogP contribution in [0.25, 0.3) is 22.4 Å². The van der Waals surface area contributed by atoms with Gasteiger partial charge in [-0.05, 0) is 67.7 Å². The predicted octanol–water partition coefficient (Wildman–Crippen LogP) is 3.85. The fourth-order valence-corrected chi connectivity index (χ4v) is 3.61. The van der Waals surface area contributed by atoms with Crippen LogP contribution in [0.5, 0.6) is 11.5 Å². The molecule has 6 heteroatoms. The number of piperidine rings is 1. The topological polar surface area (TPSA) is 59.2 Å². The summed E-state index contributed by atoms with van der Waals surface area (Å²) in [4.78, 5) is 7.72. The summed E-state index contributed by atoms with van der Waals surface area (Å²) in [7, 11) is 3.18. The van der Waals surface area contributed by atoms with Crippen molar-refractivity contribution in [2.24, 2.45) is 0 Å². The molecule has 1 fully saturated rings. The Morgan fingerprint density at radius 1 is 1.04 bits per heavy atom. The first-order valence-corrected chi connectivity index (χ1v) is 8.82. The Bertz CT molecular complexity index is 932. The lowest BCUT2D eigenvalue weighted by Crippen LogP contribution is -2.26. The van der Waals surface area contributed by atoms with Crippen LogP contribution in [0.4, 0.5) is 4.39 Å². The molecule has 0 aliphatic carbocycles. The Morgan fingerprint density at radius 3 is 2.54 bits per heavy atom. The van der Waals surface area contributed by atoms with E-state index >= 15 is 0 Å². The van der Waals surface area contributed by atoms with E-state index in [-0.39, 0.29) is 5.82 Å². The van der Waals surface area contributed by atoms with E-state index in [2.05, 4.69) is 15.3 Å². The largest absolute Gasteiger partial charge is 0.493 e. The number of imidazole rings is 1. The summed E-state index contributed by atoms with van der Waals surface area (Å²) in [5.41, 5.74) is 2.96. The van der Waals surface area contributed by atoms with Crippen molar-refractivity contribution in [1.29, 1.82) is 0 Å². The van der Waals surface area contributed by atoms with E-state index in [4.69, 9.17) is 9.47 Å². The summed E-state index contributed by atoms with van der Waals surface area (Å²) in [5.74, 6) is 1.98. The Morgan fingerprint density at radius 2 is 1.81 bits per heavy atom. The number of H-pyrrole nitrogens is 1. The molecule has 26 heavy (non-hydrogen) atoms. The van der Waals surface area contributed by atoms with Crippen molar-refractivity contribution < 1.29 is 13.9 Å². The maximum atomic E-state index is 14.7. The highest BCUT2D eigenvalue weighted by atomic mass is 19.1. The van der Waals surface area contributed by atoms with Gasteiger partial charge in [0.2, 0.25) is 0 Å². The van der Waals surface area contributed by atoms with Gasteiger partial charge in [0.1, 0.15) is 11.3 Å². The minimum atomic E-state index is -0.279. The monoisotopic (exact) mass is 355 g/mol. The Hall–Kier alpha value is -2.60. The number of hydrogen-bond donors (Lipinski definition) is 2. The van der Waals surface area contributed by atoms with Crippen LogP contribution in [-0.4, -0.2) is 37.3 Å². The lowest BCUT2D eigenvalue weighted by Gasteiger charge is -2.23. The molecule has 2 N–H and O–H groups in total. The van der Waals surface area contributed by atoms with Crippen molar-refractivity contribution >= 4 is 11.0 Å². The fraction of sp³-hybridized carbons (Fsp3) is 0.350. The molecule has 4 rings (SSSR count). The summed E-state index contributed by atoms with van der Waals surface area (Å²) >= 11 is 0. The van der Waals surface area contributed by atoms with E-state index < -0.39 is 0 Å². The van der Waals surface area contributed by atoms with E-state index in [1.54, 1.807) is 20.3 Å². The van der Waals surface area contributed by atoms with Gasteiger partial charge in [-0.2, -0.15) is 0 Å². The average molecular weight is 355 g/mol. The number of aromatic amines is 1. The second-order valence-corrected chi connectivity index (χ2v) is 6.58. The van der Waals surface area contributed by atoms with Gasteiger partial charge in [-0.15, -0.1) is 0 Å². The van der Waals surface area contributed by atoms with E-state index in [9.17, 15) is 4.39 Å². The molecule has 0 spiro atoms. The smallest absolute Gasteiger partial charge is 0.161 e. The van der Waals surface area contributed by atoms with Crippen LogP contribution in [-0.2, 0) is 0 Å². The van der Waals surface area contributed by atoms with Crippen molar-refractivity contribution in [2.75, 3.05) is 27.3 Å². The van der Waals surface area contributed by atoms with Crippen LogP contribution in [0.15, 0.2) is 30.3 Å². The minimum Gasteiger partial charge on any atom is -0.493 e. The van der Waals surface area contributed by atoms with Gasteiger partial charge in [-0.25, -0.2) is 9.37 Å². The summed E-state index contributed by atoms with van der Waals surface area (Å²) in [6.45, 7) is 1.95. The molecule has 0 bridgehead atoms. The summed E-state index contributed by atoms with van der Waals surface area (Å²) in [5, 5.41) is 3.35. The standard InChI is InChI=1S/C20H22FN3O2/c1-25-17-4-3-13(11-18(17)26-2)20-23-16-10-14(9-15(21)19(16)24-20)12-5-7-22-8-6-12/h3-4,9-12,22H,5-8H2,1-2H3,(H,23,24). The highest BCUT2D eigenvalue weighted by Crippen LogP contribution is 2.34. The van der Waals surface area contributed by atoms with Gasteiger partial charge in [0.25, 0.3) is 0 Å². The third-order valence-corrected chi connectivity index (χ3v) is 5.03. The van der Waals surface area contributed by atoms with E-state index in [1.807, 2.05) is 24.3 Å². The second-order valence-electron chi connectivity index (χ2n) is 6.58. The van der Waals surface area contributed by atoms with Crippen molar-refractivity contribution in [3.05, 3.63) is 41.7 Å². The number of aromatic nitrogens is 2. The van der Waals surface area contributed by atoms with Gasteiger partial charge in [0.15, 0.2) is 17.3 Å². The van der Waals surface area contributed by atoms with Gasteiger partial charge in [-0.1, -0.05) is 0 Å². The van der Waals surface area contributed by atoms with Crippen molar-refractivity contribution in [3.8, 4) is 22.9 Å². The van der Waals surface area contributed by atoms with E-state index in [0.717, 1.165) is 42.6 Å². The van der Waals surface area contributed by atoms with Gasteiger partial charge < -0.3 is 19.8 Å². The van der Waals surface area contributed by atoms with Crippen LogP contribution in [0.3, 0.4) is 0 Å².